The van der Waals surface area contributed by atoms with Crippen LogP contribution >= 0.6 is 0 Å². The van der Waals surface area contributed by atoms with E-state index in [1.54, 1.807) is 0 Å². The largest absolute Gasteiger partial charge is 0.353 e. The van der Waals surface area contributed by atoms with Gasteiger partial charge in [0.15, 0.2) is 5.96 Å². The zero-order valence-electron chi connectivity index (χ0n) is 13.9. The Kier molecular flexibility index (Phi) is 4.81. The molecular weight excluding hydrogens is 284 g/mol. The quantitative estimate of drug-likeness (QED) is 0.698. The highest BCUT2D eigenvalue weighted by atomic mass is 15.3. The Bertz CT molecular complexity index is 697. The summed E-state index contributed by atoms with van der Waals surface area (Å²) >= 11 is 0. The van der Waals surface area contributed by atoms with Gasteiger partial charge in [-0.15, -0.1) is 0 Å². The van der Waals surface area contributed by atoms with E-state index < -0.39 is 0 Å². The van der Waals surface area contributed by atoms with Gasteiger partial charge in [-0.3, -0.25) is 4.99 Å². The average molecular weight is 308 g/mol. The first kappa shape index (κ1) is 15.4. The first-order valence-electron chi connectivity index (χ1n) is 8.08. The summed E-state index contributed by atoms with van der Waals surface area (Å²) in [4.78, 5) is 6.73. The lowest BCUT2D eigenvalue weighted by Gasteiger charge is -2.29. The van der Waals surface area contributed by atoms with E-state index in [0.29, 0.717) is 0 Å². The minimum absolute atomic E-state index is 0.794. The van der Waals surface area contributed by atoms with Gasteiger partial charge in [-0.05, 0) is 29.7 Å². The molecule has 0 spiro atoms. The molecule has 4 nitrogen and oxygen atoms in total. The van der Waals surface area contributed by atoms with E-state index in [1.165, 1.54) is 16.8 Å². The van der Waals surface area contributed by atoms with Crippen molar-refractivity contribution in [2.24, 2.45) is 12.0 Å². The fourth-order valence-corrected chi connectivity index (χ4v) is 2.96. The molecule has 0 radical (unpaired) electrons. The van der Waals surface area contributed by atoms with Crippen molar-refractivity contribution in [1.29, 1.82) is 0 Å². The second kappa shape index (κ2) is 7.18. The molecule has 0 unspecified atom stereocenters. The molecule has 0 amide bonds. The molecule has 1 aromatic heterocycles. The third kappa shape index (κ3) is 3.65. The summed E-state index contributed by atoms with van der Waals surface area (Å²) < 4.78 is 2.13. The van der Waals surface area contributed by atoms with Crippen molar-refractivity contribution in [3.8, 4) is 0 Å². The van der Waals surface area contributed by atoms with Crippen LogP contribution in [0.1, 0.15) is 17.7 Å². The average Bonchev–Trinajstić information content (AvgIpc) is 3.02. The molecule has 3 rings (SSSR count). The van der Waals surface area contributed by atoms with Crippen LogP contribution in [0.4, 0.5) is 0 Å². The number of rotatable bonds is 3. The van der Waals surface area contributed by atoms with E-state index in [-0.39, 0.29) is 0 Å². The van der Waals surface area contributed by atoms with E-state index in [1.807, 2.05) is 7.05 Å². The molecular formula is C19H24N4. The number of nitrogens with zero attached hydrogens (tertiary/aromatic N) is 3. The summed E-state index contributed by atoms with van der Waals surface area (Å²) in [6.07, 6.45) is 5.43. The zero-order valence-corrected chi connectivity index (χ0v) is 13.9. The number of hydrogen-bond donors (Lipinski definition) is 1. The maximum atomic E-state index is 4.43. The maximum absolute atomic E-state index is 4.43. The molecule has 4 heteroatoms. The first-order chi connectivity index (χ1) is 11.3. The number of nitrogens with one attached hydrogen (secondary N) is 1. The van der Waals surface area contributed by atoms with Gasteiger partial charge in [0.05, 0.1) is 6.54 Å². The number of aromatic nitrogens is 1. The minimum atomic E-state index is 0.794. The number of aliphatic imine (C=N–C) groups is 1. The van der Waals surface area contributed by atoms with Gasteiger partial charge in [-0.1, -0.05) is 36.4 Å². The molecule has 1 aliphatic heterocycles. The van der Waals surface area contributed by atoms with Crippen molar-refractivity contribution in [2.75, 3.05) is 20.1 Å². The van der Waals surface area contributed by atoms with Crippen LogP contribution in [0.5, 0.6) is 0 Å². The van der Waals surface area contributed by atoms with Gasteiger partial charge in [-0.2, -0.15) is 0 Å². The molecule has 120 valence electrons. The molecule has 1 aliphatic rings. The molecule has 0 atom stereocenters. The second-order valence-electron chi connectivity index (χ2n) is 5.80. The number of benzene rings is 1. The maximum Gasteiger partial charge on any atom is 0.194 e. The lowest BCUT2D eigenvalue weighted by atomic mass is 10.00. The summed E-state index contributed by atoms with van der Waals surface area (Å²) in [7, 11) is 3.92. The van der Waals surface area contributed by atoms with Gasteiger partial charge >= 0.3 is 0 Å². The highest BCUT2D eigenvalue weighted by Gasteiger charge is 2.16. The van der Waals surface area contributed by atoms with Crippen LogP contribution in [0.2, 0.25) is 0 Å². The molecule has 1 aromatic carbocycles. The van der Waals surface area contributed by atoms with Crippen LogP contribution in [0.15, 0.2) is 59.7 Å². The minimum Gasteiger partial charge on any atom is -0.353 e. The first-order valence-corrected chi connectivity index (χ1v) is 8.08. The second-order valence-corrected chi connectivity index (χ2v) is 5.80. The Morgan fingerprint density at radius 2 is 2.00 bits per heavy atom. The Morgan fingerprint density at radius 3 is 2.61 bits per heavy atom. The van der Waals surface area contributed by atoms with E-state index in [4.69, 9.17) is 0 Å². The van der Waals surface area contributed by atoms with Gasteiger partial charge in [0.2, 0.25) is 0 Å². The third-order valence-electron chi connectivity index (χ3n) is 4.34. The predicted octanol–water partition coefficient (Wildman–Crippen LogP) is 2.89. The van der Waals surface area contributed by atoms with Crippen molar-refractivity contribution in [2.45, 2.75) is 13.0 Å². The molecule has 0 aliphatic carbocycles. The molecule has 2 aromatic rings. The van der Waals surface area contributed by atoms with Crippen LogP contribution in [-0.4, -0.2) is 35.6 Å². The molecule has 2 heterocycles. The molecule has 0 fully saturated rings. The lowest BCUT2D eigenvalue weighted by molar-refractivity contribution is 0.439. The smallest absolute Gasteiger partial charge is 0.194 e. The van der Waals surface area contributed by atoms with Gasteiger partial charge < -0.3 is 14.8 Å². The Morgan fingerprint density at radius 1 is 1.17 bits per heavy atom. The normalized spacial score (nSPS) is 15.5. The number of aryl methyl sites for hydroxylation is 1. The van der Waals surface area contributed by atoms with E-state index in [2.05, 4.69) is 81.6 Å². The lowest BCUT2D eigenvalue weighted by Crippen LogP contribution is -2.43. The predicted molar refractivity (Wildman–Crippen MR) is 96.2 cm³/mol. The van der Waals surface area contributed by atoms with Crippen molar-refractivity contribution in [3.05, 3.63) is 66.0 Å². The summed E-state index contributed by atoms with van der Waals surface area (Å²) in [5.41, 5.74) is 4.02. The fraction of sp³-hybridized carbons (Fsp3) is 0.316. The summed E-state index contributed by atoms with van der Waals surface area (Å²) in [6.45, 7) is 2.69. The van der Waals surface area contributed by atoms with Crippen LogP contribution < -0.4 is 5.32 Å². The highest BCUT2D eigenvalue weighted by molar-refractivity contribution is 5.81. The summed E-state index contributed by atoms with van der Waals surface area (Å²) in [5.74, 6) is 0.967. The summed E-state index contributed by atoms with van der Waals surface area (Å²) in [5, 5.41) is 3.46. The number of hydrogen-bond acceptors (Lipinski definition) is 1. The zero-order chi connectivity index (χ0) is 16.1. The highest BCUT2D eigenvalue weighted by Crippen LogP contribution is 2.21. The molecule has 1 N–H and O–H groups in total. The van der Waals surface area contributed by atoms with Crippen molar-refractivity contribution in [1.82, 2.24) is 14.8 Å². The Labute approximate surface area is 138 Å². The van der Waals surface area contributed by atoms with E-state index >= 15 is 0 Å². The molecule has 0 saturated carbocycles. The Hall–Kier alpha value is -2.49. The topological polar surface area (TPSA) is 32.6 Å². The third-order valence-corrected chi connectivity index (χ3v) is 4.34. The van der Waals surface area contributed by atoms with Crippen molar-refractivity contribution < 1.29 is 0 Å². The molecule has 0 saturated heterocycles. The van der Waals surface area contributed by atoms with Gasteiger partial charge in [0.1, 0.15) is 0 Å². The van der Waals surface area contributed by atoms with Crippen LogP contribution in [0.25, 0.3) is 5.57 Å². The van der Waals surface area contributed by atoms with Crippen LogP contribution in [0.3, 0.4) is 0 Å². The van der Waals surface area contributed by atoms with Crippen molar-refractivity contribution in [3.63, 3.8) is 0 Å². The SMILES string of the molecule is CN=C(NCc1cccn1C)N1CC=C(c2ccccc2)CC1. The van der Waals surface area contributed by atoms with Gasteiger partial charge in [0, 0.05) is 39.1 Å². The van der Waals surface area contributed by atoms with Gasteiger partial charge in [0.25, 0.3) is 0 Å². The monoisotopic (exact) mass is 308 g/mol. The molecule has 23 heavy (non-hydrogen) atoms. The summed E-state index contributed by atoms with van der Waals surface area (Å²) in [6, 6.07) is 14.8. The van der Waals surface area contributed by atoms with E-state index in [9.17, 15) is 0 Å². The van der Waals surface area contributed by atoms with E-state index in [0.717, 1.165) is 32.0 Å². The van der Waals surface area contributed by atoms with Crippen molar-refractivity contribution >= 4 is 11.5 Å². The Balaban J connectivity index is 1.61. The standard InChI is InChI=1S/C19H24N4/c1-20-19(21-15-18-9-6-12-22(18)2)23-13-10-17(11-14-23)16-7-4-3-5-8-16/h3-10,12H,11,13-15H2,1-2H3,(H,20,21). The fourth-order valence-electron chi connectivity index (χ4n) is 2.96. The molecule has 0 bridgehead atoms. The van der Waals surface area contributed by atoms with Crippen LogP contribution in [-0.2, 0) is 13.6 Å². The van der Waals surface area contributed by atoms with Crippen LogP contribution in [0, 0.1) is 0 Å². The number of guanidine groups is 1. The van der Waals surface area contributed by atoms with Gasteiger partial charge in [-0.25, -0.2) is 0 Å².